The zero-order chi connectivity index (χ0) is 15.5. The minimum Gasteiger partial charge on any atom is -0.497 e. The average Bonchev–Trinajstić information content (AvgIpc) is 2.96. The molecule has 1 N–H and O–H groups in total. The van der Waals surface area contributed by atoms with E-state index in [4.69, 9.17) is 9.47 Å². The predicted molar refractivity (Wildman–Crippen MR) is 86.4 cm³/mol. The lowest BCUT2D eigenvalue weighted by atomic mass is 9.94. The van der Waals surface area contributed by atoms with Gasteiger partial charge in [0.15, 0.2) is 0 Å². The van der Waals surface area contributed by atoms with Crippen molar-refractivity contribution in [2.45, 2.75) is 18.8 Å². The Balaban J connectivity index is 1.90. The molecule has 1 atom stereocenters. The molecular formula is C18H21NO3. The third-order valence-corrected chi connectivity index (χ3v) is 4.35. The van der Waals surface area contributed by atoms with Gasteiger partial charge in [-0.15, -0.1) is 0 Å². The number of carbonyl (C=O) groups is 1. The molecule has 0 bridgehead atoms. The minimum atomic E-state index is -0.0613. The van der Waals surface area contributed by atoms with E-state index in [1.807, 2.05) is 6.07 Å². The summed E-state index contributed by atoms with van der Waals surface area (Å²) in [5, 5.41) is 5.42. The fraction of sp³-hybridized carbons (Fsp3) is 0.389. The fourth-order valence-electron chi connectivity index (χ4n) is 3.29. The minimum absolute atomic E-state index is 0.0613. The molecule has 4 heteroatoms. The van der Waals surface area contributed by atoms with E-state index >= 15 is 0 Å². The Kier molecular flexibility index (Phi) is 4.29. The molecule has 1 unspecified atom stereocenters. The highest BCUT2D eigenvalue weighted by Gasteiger charge is 2.25. The maximum absolute atomic E-state index is 11.6. The van der Waals surface area contributed by atoms with E-state index in [1.165, 1.54) is 29.0 Å². The molecule has 0 aliphatic heterocycles. The summed E-state index contributed by atoms with van der Waals surface area (Å²) in [7, 11) is 3.22. The summed E-state index contributed by atoms with van der Waals surface area (Å²) >= 11 is 0. The molecule has 4 nitrogen and oxygen atoms in total. The molecule has 2 aromatic rings. The molecule has 1 aliphatic carbocycles. The summed E-state index contributed by atoms with van der Waals surface area (Å²) in [6, 6.07) is 10.6. The van der Waals surface area contributed by atoms with Gasteiger partial charge in [0.2, 0.25) is 5.91 Å². The Bertz CT molecular complexity index is 696. The molecule has 2 aromatic carbocycles. The van der Waals surface area contributed by atoms with Crippen LogP contribution in [-0.4, -0.2) is 33.3 Å². The van der Waals surface area contributed by atoms with Crippen molar-refractivity contribution in [3.63, 3.8) is 0 Å². The first-order chi connectivity index (χ1) is 10.7. The summed E-state index contributed by atoms with van der Waals surface area (Å²) in [5.74, 6) is 1.16. The van der Waals surface area contributed by atoms with Gasteiger partial charge in [0.1, 0.15) is 12.4 Å². The fourth-order valence-corrected chi connectivity index (χ4v) is 3.29. The van der Waals surface area contributed by atoms with Crippen LogP contribution < -0.4 is 10.1 Å². The molecule has 0 aromatic heterocycles. The number of amides is 1. The lowest BCUT2D eigenvalue weighted by Gasteiger charge is -2.16. The van der Waals surface area contributed by atoms with Crippen molar-refractivity contribution in [2.75, 3.05) is 27.4 Å². The topological polar surface area (TPSA) is 47.6 Å². The molecule has 0 spiro atoms. The van der Waals surface area contributed by atoms with Gasteiger partial charge in [0.25, 0.3) is 0 Å². The number of methoxy groups -OCH3 is 2. The van der Waals surface area contributed by atoms with Crippen molar-refractivity contribution in [1.29, 1.82) is 0 Å². The van der Waals surface area contributed by atoms with E-state index in [1.54, 1.807) is 7.11 Å². The van der Waals surface area contributed by atoms with E-state index in [9.17, 15) is 4.79 Å². The molecule has 22 heavy (non-hydrogen) atoms. The van der Waals surface area contributed by atoms with Gasteiger partial charge in [-0.05, 0) is 46.9 Å². The quantitative estimate of drug-likeness (QED) is 0.923. The van der Waals surface area contributed by atoms with Gasteiger partial charge in [-0.3, -0.25) is 4.79 Å². The third-order valence-electron chi connectivity index (χ3n) is 4.35. The summed E-state index contributed by atoms with van der Waals surface area (Å²) in [4.78, 5) is 11.6. The number of nitrogens with one attached hydrogen (secondary N) is 1. The van der Waals surface area contributed by atoms with Gasteiger partial charge in [-0.25, -0.2) is 0 Å². The van der Waals surface area contributed by atoms with Crippen LogP contribution in [0.1, 0.15) is 23.5 Å². The number of hydrogen-bond acceptors (Lipinski definition) is 3. The second kappa shape index (κ2) is 6.36. The van der Waals surface area contributed by atoms with Gasteiger partial charge in [0, 0.05) is 19.6 Å². The molecule has 116 valence electrons. The molecule has 3 rings (SSSR count). The van der Waals surface area contributed by atoms with Crippen LogP contribution in [0.2, 0.25) is 0 Å². The standard InChI is InChI=1S/C18H21NO3/c1-21-11-17(20)19-10-14-6-5-13-4-3-12-7-8-15(22-2)9-16(12)18(13)14/h3-4,7-9,14H,5-6,10-11H2,1-2H3,(H,19,20). The first-order valence-corrected chi connectivity index (χ1v) is 7.58. The molecule has 1 amide bonds. The zero-order valence-corrected chi connectivity index (χ0v) is 13.0. The molecule has 1 aliphatic rings. The van der Waals surface area contributed by atoms with Crippen LogP contribution in [0.4, 0.5) is 0 Å². The van der Waals surface area contributed by atoms with E-state index in [-0.39, 0.29) is 12.5 Å². The van der Waals surface area contributed by atoms with Crippen LogP contribution in [0.15, 0.2) is 30.3 Å². The SMILES string of the molecule is COCC(=O)NCC1CCc2ccc3ccc(OC)cc3c21. The second-order valence-electron chi connectivity index (χ2n) is 5.70. The second-order valence-corrected chi connectivity index (χ2v) is 5.70. The molecule has 0 radical (unpaired) electrons. The lowest BCUT2D eigenvalue weighted by molar-refractivity contribution is -0.124. The predicted octanol–water partition coefficient (Wildman–Crippen LogP) is 2.64. The summed E-state index contributed by atoms with van der Waals surface area (Å²) in [6.45, 7) is 0.772. The normalized spacial score (nSPS) is 16.5. The van der Waals surface area contributed by atoms with Crippen molar-refractivity contribution in [2.24, 2.45) is 0 Å². The number of fused-ring (bicyclic) bond motifs is 3. The average molecular weight is 299 g/mol. The highest BCUT2D eigenvalue weighted by Crippen LogP contribution is 2.39. The number of carbonyl (C=O) groups excluding carboxylic acids is 1. The largest absolute Gasteiger partial charge is 0.497 e. The molecule has 0 saturated carbocycles. The van der Waals surface area contributed by atoms with Crippen LogP contribution >= 0.6 is 0 Å². The Hall–Kier alpha value is -2.07. The Morgan fingerprint density at radius 2 is 2.09 bits per heavy atom. The van der Waals surface area contributed by atoms with Gasteiger partial charge >= 0.3 is 0 Å². The molecule has 0 saturated heterocycles. The van der Waals surface area contributed by atoms with Gasteiger partial charge in [-0.1, -0.05) is 18.2 Å². The number of benzene rings is 2. The Labute approximate surface area is 130 Å². The first kappa shape index (κ1) is 14.9. The zero-order valence-electron chi connectivity index (χ0n) is 13.0. The van der Waals surface area contributed by atoms with Gasteiger partial charge in [0.05, 0.1) is 7.11 Å². The number of hydrogen-bond donors (Lipinski definition) is 1. The van der Waals surface area contributed by atoms with Crippen molar-refractivity contribution < 1.29 is 14.3 Å². The van der Waals surface area contributed by atoms with E-state index in [2.05, 4.69) is 29.6 Å². The first-order valence-electron chi connectivity index (χ1n) is 7.58. The van der Waals surface area contributed by atoms with E-state index in [0.717, 1.165) is 18.6 Å². The molecule has 0 heterocycles. The lowest BCUT2D eigenvalue weighted by Crippen LogP contribution is -2.30. The highest BCUT2D eigenvalue weighted by atomic mass is 16.5. The van der Waals surface area contributed by atoms with Gasteiger partial charge in [-0.2, -0.15) is 0 Å². The summed E-state index contributed by atoms with van der Waals surface area (Å²) in [6.07, 6.45) is 2.13. The maximum atomic E-state index is 11.6. The monoisotopic (exact) mass is 299 g/mol. The van der Waals surface area contributed by atoms with Crippen molar-refractivity contribution in [3.05, 3.63) is 41.5 Å². The van der Waals surface area contributed by atoms with Crippen LogP contribution in [-0.2, 0) is 16.0 Å². The summed E-state index contributed by atoms with van der Waals surface area (Å²) < 4.78 is 10.2. The van der Waals surface area contributed by atoms with Crippen LogP contribution in [0.25, 0.3) is 10.8 Å². The van der Waals surface area contributed by atoms with E-state index < -0.39 is 0 Å². The van der Waals surface area contributed by atoms with Crippen LogP contribution in [0.5, 0.6) is 5.75 Å². The van der Waals surface area contributed by atoms with E-state index in [0.29, 0.717) is 12.5 Å². The van der Waals surface area contributed by atoms with Crippen molar-refractivity contribution in [1.82, 2.24) is 5.32 Å². The maximum Gasteiger partial charge on any atom is 0.246 e. The Morgan fingerprint density at radius 1 is 1.27 bits per heavy atom. The van der Waals surface area contributed by atoms with Crippen molar-refractivity contribution in [3.8, 4) is 5.75 Å². The molecular weight excluding hydrogens is 278 g/mol. The smallest absolute Gasteiger partial charge is 0.246 e. The van der Waals surface area contributed by atoms with Crippen LogP contribution in [0, 0.1) is 0 Å². The number of rotatable bonds is 5. The summed E-state index contributed by atoms with van der Waals surface area (Å²) in [5.41, 5.74) is 2.74. The van der Waals surface area contributed by atoms with Crippen molar-refractivity contribution >= 4 is 16.7 Å². The number of ether oxygens (including phenoxy) is 2. The van der Waals surface area contributed by atoms with Gasteiger partial charge < -0.3 is 14.8 Å². The highest BCUT2D eigenvalue weighted by molar-refractivity contribution is 5.89. The Morgan fingerprint density at radius 3 is 2.86 bits per heavy atom. The number of aryl methyl sites for hydroxylation is 1. The molecule has 0 fully saturated rings. The van der Waals surface area contributed by atoms with Crippen LogP contribution in [0.3, 0.4) is 0 Å². The third kappa shape index (κ3) is 2.79.